The van der Waals surface area contributed by atoms with Crippen LogP contribution in [0.3, 0.4) is 0 Å². The molecule has 2 atom stereocenters. The summed E-state index contributed by atoms with van der Waals surface area (Å²) >= 11 is 1.79. The van der Waals surface area contributed by atoms with Gasteiger partial charge in [-0.3, -0.25) is 0 Å². The lowest BCUT2D eigenvalue weighted by molar-refractivity contribution is 0.906. The fourth-order valence-corrected chi connectivity index (χ4v) is 1.97. The lowest BCUT2D eigenvalue weighted by Crippen LogP contribution is -1.75. The maximum atomic E-state index is 4.25. The fraction of sp³-hybridized carbons (Fsp3) is 0.571. The van der Waals surface area contributed by atoms with E-state index in [1.54, 1.807) is 11.3 Å². The summed E-state index contributed by atoms with van der Waals surface area (Å²) in [5, 5.41) is 3.39. The average molecular weight is 139 g/mol. The summed E-state index contributed by atoms with van der Waals surface area (Å²) in [6.07, 6.45) is 3.25. The van der Waals surface area contributed by atoms with Crippen LogP contribution in [0.5, 0.6) is 0 Å². The van der Waals surface area contributed by atoms with Gasteiger partial charge in [0.1, 0.15) is 0 Å². The van der Waals surface area contributed by atoms with Crippen molar-refractivity contribution < 1.29 is 0 Å². The summed E-state index contributed by atoms with van der Waals surface area (Å²) in [6.45, 7) is 2.28. The van der Waals surface area contributed by atoms with Gasteiger partial charge in [-0.2, -0.15) is 0 Å². The molecule has 9 heavy (non-hydrogen) atoms. The van der Waals surface area contributed by atoms with E-state index in [4.69, 9.17) is 0 Å². The first kappa shape index (κ1) is 5.42. The highest BCUT2D eigenvalue weighted by atomic mass is 32.1. The van der Waals surface area contributed by atoms with Crippen LogP contribution in [0.4, 0.5) is 0 Å². The Morgan fingerprint density at radius 2 is 2.56 bits per heavy atom. The van der Waals surface area contributed by atoms with Crippen molar-refractivity contribution in [3.05, 3.63) is 16.6 Å². The summed E-state index contributed by atoms with van der Waals surface area (Å²) in [7, 11) is 0. The molecule has 0 bridgehead atoms. The summed E-state index contributed by atoms with van der Waals surface area (Å²) in [5.74, 6) is 1.71. The van der Waals surface area contributed by atoms with E-state index in [1.807, 2.05) is 6.20 Å². The molecular formula is C7H9NS. The maximum Gasteiger partial charge on any atom is 0.0958 e. The van der Waals surface area contributed by atoms with Gasteiger partial charge in [0.2, 0.25) is 0 Å². The second-order valence-electron chi connectivity index (χ2n) is 2.69. The van der Waals surface area contributed by atoms with E-state index in [9.17, 15) is 0 Å². The largest absolute Gasteiger partial charge is 0.249 e. The highest BCUT2D eigenvalue weighted by molar-refractivity contribution is 7.09. The molecule has 1 nitrogen and oxygen atoms in total. The normalized spacial score (nSPS) is 32.6. The first-order valence-corrected chi connectivity index (χ1v) is 4.15. The Bertz CT molecular complexity index is 193. The Labute approximate surface area is 58.7 Å². The summed E-state index contributed by atoms with van der Waals surface area (Å²) in [4.78, 5) is 4.25. The van der Waals surface area contributed by atoms with Crippen LogP contribution in [-0.2, 0) is 0 Å². The third-order valence-corrected chi connectivity index (χ3v) is 2.79. The molecule has 1 aromatic rings. The van der Waals surface area contributed by atoms with Crippen molar-refractivity contribution in [2.45, 2.75) is 19.3 Å². The molecule has 48 valence electrons. The standard InChI is InChI=1S/C7H9NS/c1-5-4-6(5)7-8-2-3-9-7/h2-3,5-6H,4H2,1H3. The quantitative estimate of drug-likeness (QED) is 0.581. The van der Waals surface area contributed by atoms with Crippen LogP contribution in [0, 0.1) is 5.92 Å². The molecule has 1 saturated carbocycles. The van der Waals surface area contributed by atoms with Crippen LogP contribution in [-0.4, -0.2) is 4.98 Å². The SMILES string of the molecule is CC1CC1c1nccs1. The maximum absolute atomic E-state index is 4.25. The zero-order chi connectivity index (χ0) is 6.27. The molecule has 1 aliphatic carbocycles. The number of rotatable bonds is 1. The Kier molecular flexibility index (Phi) is 1.09. The van der Waals surface area contributed by atoms with E-state index in [0.29, 0.717) is 0 Å². The molecule has 2 heteroatoms. The van der Waals surface area contributed by atoms with E-state index in [-0.39, 0.29) is 0 Å². The average Bonchev–Trinajstić information content (AvgIpc) is 2.44. The number of nitrogens with zero attached hydrogens (tertiary/aromatic N) is 1. The molecule has 0 aliphatic heterocycles. The Hall–Kier alpha value is -0.370. The van der Waals surface area contributed by atoms with Gasteiger partial charge in [-0.05, 0) is 12.3 Å². The van der Waals surface area contributed by atoms with Gasteiger partial charge in [-0.1, -0.05) is 6.92 Å². The smallest absolute Gasteiger partial charge is 0.0958 e. The predicted octanol–water partition coefficient (Wildman–Crippen LogP) is 2.27. The van der Waals surface area contributed by atoms with Gasteiger partial charge in [-0.15, -0.1) is 11.3 Å². The zero-order valence-corrected chi connectivity index (χ0v) is 6.19. The van der Waals surface area contributed by atoms with Gasteiger partial charge in [0.15, 0.2) is 0 Å². The van der Waals surface area contributed by atoms with Gasteiger partial charge in [-0.25, -0.2) is 4.98 Å². The van der Waals surface area contributed by atoms with Crippen molar-refractivity contribution in [1.82, 2.24) is 4.98 Å². The lowest BCUT2D eigenvalue weighted by atomic mass is 10.4. The molecule has 0 amide bonds. The molecule has 2 rings (SSSR count). The van der Waals surface area contributed by atoms with Crippen molar-refractivity contribution in [2.24, 2.45) is 5.92 Å². The van der Waals surface area contributed by atoms with Crippen molar-refractivity contribution in [3.63, 3.8) is 0 Å². The minimum absolute atomic E-state index is 0.810. The molecule has 0 radical (unpaired) electrons. The molecule has 0 spiro atoms. The first-order chi connectivity index (χ1) is 4.38. The van der Waals surface area contributed by atoms with E-state index in [2.05, 4.69) is 17.3 Å². The molecule has 0 N–H and O–H groups in total. The van der Waals surface area contributed by atoms with Crippen LogP contribution in [0.25, 0.3) is 0 Å². The predicted molar refractivity (Wildman–Crippen MR) is 38.6 cm³/mol. The topological polar surface area (TPSA) is 12.9 Å². The highest BCUT2D eigenvalue weighted by Gasteiger charge is 2.35. The molecule has 1 fully saturated rings. The number of hydrogen-bond donors (Lipinski definition) is 0. The number of hydrogen-bond acceptors (Lipinski definition) is 2. The van der Waals surface area contributed by atoms with Gasteiger partial charge < -0.3 is 0 Å². The Morgan fingerprint density at radius 3 is 3.00 bits per heavy atom. The molecule has 1 aromatic heterocycles. The lowest BCUT2D eigenvalue weighted by Gasteiger charge is -1.84. The molecular weight excluding hydrogens is 130 g/mol. The van der Waals surface area contributed by atoms with Gasteiger partial charge in [0, 0.05) is 17.5 Å². The summed E-state index contributed by atoms with van der Waals surface area (Å²) in [5.41, 5.74) is 0. The molecule has 0 aromatic carbocycles. The molecule has 0 saturated heterocycles. The van der Waals surface area contributed by atoms with Crippen LogP contribution >= 0.6 is 11.3 Å². The van der Waals surface area contributed by atoms with Gasteiger partial charge >= 0.3 is 0 Å². The Balaban J connectivity index is 2.18. The summed E-state index contributed by atoms with van der Waals surface area (Å²) in [6, 6.07) is 0. The first-order valence-electron chi connectivity index (χ1n) is 3.27. The van der Waals surface area contributed by atoms with Crippen molar-refractivity contribution in [1.29, 1.82) is 0 Å². The second kappa shape index (κ2) is 1.81. The molecule has 2 unspecified atom stereocenters. The monoisotopic (exact) mass is 139 g/mol. The minimum Gasteiger partial charge on any atom is -0.249 e. The number of thiazole rings is 1. The van der Waals surface area contributed by atoms with Gasteiger partial charge in [0.05, 0.1) is 5.01 Å². The third-order valence-electron chi connectivity index (χ3n) is 1.88. The van der Waals surface area contributed by atoms with Crippen molar-refractivity contribution in [3.8, 4) is 0 Å². The van der Waals surface area contributed by atoms with Crippen LogP contribution in [0.1, 0.15) is 24.3 Å². The zero-order valence-electron chi connectivity index (χ0n) is 5.37. The van der Waals surface area contributed by atoms with Crippen molar-refractivity contribution >= 4 is 11.3 Å². The molecule has 1 aliphatic rings. The van der Waals surface area contributed by atoms with Crippen LogP contribution in [0.2, 0.25) is 0 Å². The van der Waals surface area contributed by atoms with E-state index >= 15 is 0 Å². The minimum atomic E-state index is 0.810. The Morgan fingerprint density at radius 1 is 1.78 bits per heavy atom. The number of aromatic nitrogens is 1. The summed E-state index contributed by atoms with van der Waals surface area (Å²) < 4.78 is 0. The van der Waals surface area contributed by atoms with Crippen LogP contribution < -0.4 is 0 Å². The van der Waals surface area contributed by atoms with Crippen molar-refractivity contribution in [2.75, 3.05) is 0 Å². The second-order valence-corrected chi connectivity index (χ2v) is 3.62. The van der Waals surface area contributed by atoms with E-state index in [0.717, 1.165) is 11.8 Å². The van der Waals surface area contributed by atoms with Gasteiger partial charge in [0.25, 0.3) is 0 Å². The van der Waals surface area contributed by atoms with Crippen LogP contribution in [0.15, 0.2) is 11.6 Å². The van der Waals surface area contributed by atoms with E-state index < -0.39 is 0 Å². The molecule has 1 heterocycles. The third kappa shape index (κ3) is 0.874. The highest BCUT2D eigenvalue weighted by Crippen LogP contribution is 2.47. The van der Waals surface area contributed by atoms with E-state index in [1.165, 1.54) is 11.4 Å². The fourth-order valence-electron chi connectivity index (χ4n) is 1.08.